The summed E-state index contributed by atoms with van der Waals surface area (Å²) in [6.07, 6.45) is 5.75. The molecule has 0 bridgehead atoms. The van der Waals surface area contributed by atoms with Crippen LogP contribution in [-0.4, -0.2) is 59.8 Å². The molecule has 4 aliphatic rings. The van der Waals surface area contributed by atoms with Gasteiger partial charge < -0.3 is 19.5 Å². The number of para-hydroxylation sites is 1. The summed E-state index contributed by atoms with van der Waals surface area (Å²) in [6, 6.07) is 9.89. The lowest BCUT2D eigenvalue weighted by Crippen LogP contribution is -2.53. The number of halogens is 1. The van der Waals surface area contributed by atoms with Crippen molar-refractivity contribution >= 4 is 33.4 Å². The van der Waals surface area contributed by atoms with Gasteiger partial charge in [-0.2, -0.15) is 0 Å². The molecule has 0 aromatic heterocycles. The predicted octanol–water partition coefficient (Wildman–Crippen LogP) is 3.66. The Morgan fingerprint density at radius 1 is 0.969 bits per heavy atom. The van der Waals surface area contributed by atoms with E-state index in [1.165, 1.54) is 5.69 Å². The number of ketones is 1. The van der Waals surface area contributed by atoms with Crippen molar-refractivity contribution in [2.24, 2.45) is 5.92 Å². The Morgan fingerprint density at radius 3 is 2.31 bits per heavy atom. The molecule has 2 fully saturated rings. The van der Waals surface area contributed by atoms with E-state index >= 15 is 0 Å². The van der Waals surface area contributed by atoms with Crippen LogP contribution < -0.4 is 4.90 Å². The molecule has 2 heterocycles. The number of ether oxygens (including phenoxy) is 2. The number of piperazine rings is 1. The summed E-state index contributed by atoms with van der Waals surface area (Å²) in [5.41, 5.74) is 1.11. The fourth-order valence-corrected chi connectivity index (χ4v) is 5.80. The highest BCUT2D eigenvalue weighted by Gasteiger charge is 2.52. The molecule has 1 saturated heterocycles. The molecule has 8 heteroatoms. The van der Waals surface area contributed by atoms with Crippen molar-refractivity contribution in [1.82, 2.24) is 4.90 Å². The summed E-state index contributed by atoms with van der Waals surface area (Å²) in [5.74, 6) is -3.27. The van der Waals surface area contributed by atoms with Gasteiger partial charge >= 0.3 is 5.97 Å². The van der Waals surface area contributed by atoms with Crippen LogP contribution in [-0.2, 0) is 19.1 Å². The molecule has 0 amide bonds. The third kappa shape index (κ3) is 3.83. The zero-order valence-corrected chi connectivity index (χ0v) is 19.4. The summed E-state index contributed by atoms with van der Waals surface area (Å²) >= 11 is 3.35. The Labute approximate surface area is 195 Å². The first-order valence-electron chi connectivity index (χ1n) is 11.3. The molecule has 0 unspecified atom stereocenters. The van der Waals surface area contributed by atoms with Crippen molar-refractivity contribution in [3.05, 3.63) is 52.4 Å². The molecule has 2 aliphatic carbocycles. The van der Waals surface area contributed by atoms with Crippen LogP contribution in [0.5, 0.6) is 0 Å². The second-order valence-electron chi connectivity index (χ2n) is 8.89. The van der Waals surface area contributed by atoms with Crippen molar-refractivity contribution in [3.63, 3.8) is 0 Å². The molecule has 0 radical (unpaired) electrons. The van der Waals surface area contributed by atoms with E-state index in [-0.39, 0.29) is 17.4 Å². The van der Waals surface area contributed by atoms with Gasteiger partial charge in [0, 0.05) is 50.7 Å². The van der Waals surface area contributed by atoms with Crippen molar-refractivity contribution in [3.8, 4) is 0 Å². The number of allylic oxidation sites excluding steroid dienone is 1. The standard InChI is InChI=1S/C24H27BrN2O5/c25-17-15-18(27-13-11-26(12-14-27)16-7-3-1-4-8-16)19(21(17)28)20-22(29)31-24(32-23(20)30)9-5-2-6-10-24/h1,3-4,7-8,15,18-19,29H,2,5-6,9-14H2/t18-,19+/m0/s1. The predicted molar refractivity (Wildman–Crippen MR) is 122 cm³/mol. The van der Waals surface area contributed by atoms with Gasteiger partial charge in [-0.15, -0.1) is 0 Å². The van der Waals surface area contributed by atoms with E-state index in [1.54, 1.807) is 0 Å². The number of carbonyl (C=O) groups excluding carboxylic acids is 2. The maximum absolute atomic E-state index is 13.0. The van der Waals surface area contributed by atoms with Gasteiger partial charge in [-0.05, 0) is 47.0 Å². The first-order valence-corrected chi connectivity index (χ1v) is 12.1. The minimum atomic E-state index is -1.09. The molecule has 1 aromatic rings. The van der Waals surface area contributed by atoms with Crippen LogP contribution in [0.15, 0.2) is 52.4 Å². The maximum Gasteiger partial charge on any atom is 0.345 e. The lowest BCUT2D eigenvalue weighted by Gasteiger charge is -2.42. The topological polar surface area (TPSA) is 79.3 Å². The summed E-state index contributed by atoms with van der Waals surface area (Å²) in [6.45, 7) is 3.08. The minimum Gasteiger partial charge on any atom is -0.480 e. The summed E-state index contributed by atoms with van der Waals surface area (Å²) in [4.78, 5) is 30.6. The zero-order chi connectivity index (χ0) is 22.3. The Balaban J connectivity index is 1.36. The summed E-state index contributed by atoms with van der Waals surface area (Å²) in [5, 5.41) is 10.8. The van der Waals surface area contributed by atoms with E-state index < -0.39 is 23.6 Å². The Bertz CT molecular complexity index is 962. The van der Waals surface area contributed by atoms with E-state index in [2.05, 4.69) is 37.9 Å². The Hall–Kier alpha value is -2.32. The first kappa shape index (κ1) is 21.5. The van der Waals surface area contributed by atoms with Crippen LogP contribution in [0.1, 0.15) is 32.1 Å². The molecule has 170 valence electrons. The number of Topliss-reactive ketones (excluding diaryl/α,β-unsaturated/α-hetero) is 1. The molecule has 7 nitrogen and oxygen atoms in total. The van der Waals surface area contributed by atoms with E-state index in [4.69, 9.17) is 9.47 Å². The number of esters is 1. The number of benzene rings is 1. The number of aliphatic hydroxyl groups is 1. The largest absolute Gasteiger partial charge is 0.480 e. The average Bonchev–Trinajstić information content (AvgIpc) is 3.09. The molecule has 1 spiro atoms. The third-order valence-corrected chi connectivity index (χ3v) is 7.63. The molecule has 2 atom stereocenters. The number of nitrogens with zero attached hydrogens (tertiary/aromatic N) is 2. The smallest absolute Gasteiger partial charge is 0.345 e. The fraction of sp³-hybridized carbons (Fsp3) is 0.500. The summed E-state index contributed by atoms with van der Waals surface area (Å²) in [7, 11) is 0. The normalized spacial score (nSPS) is 28.5. The van der Waals surface area contributed by atoms with Crippen LogP contribution in [0.25, 0.3) is 0 Å². The number of carbonyl (C=O) groups is 2. The molecule has 1 N–H and O–H groups in total. The molecular weight excluding hydrogens is 476 g/mol. The lowest BCUT2D eigenvalue weighted by atomic mass is 9.89. The molecular formula is C24H27BrN2O5. The number of anilines is 1. The van der Waals surface area contributed by atoms with Crippen LogP contribution in [0.4, 0.5) is 5.69 Å². The number of aliphatic hydroxyl groups excluding tert-OH is 1. The number of rotatable bonds is 3. The van der Waals surface area contributed by atoms with Crippen molar-refractivity contribution < 1.29 is 24.2 Å². The molecule has 2 aliphatic heterocycles. The van der Waals surface area contributed by atoms with Gasteiger partial charge in [0.25, 0.3) is 11.7 Å². The number of hydrogen-bond acceptors (Lipinski definition) is 7. The van der Waals surface area contributed by atoms with E-state index in [1.807, 2.05) is 24.3 Å². The van der Waals surface area contributed by atoms with Gasteiger partial charge in [0.05, 0.1) is 10.4 Å². The maximum atomic E-state index is 13.0. The van der Waals surface area contributed by atoms with Crippen molar-refractivity contribution in [2.75, 3.05) is 31.1 Å². The summed E-state index contributed by atoms with van der Waals surface area (Å²) < 4.78 is 11.9. The van der Waals surface area contributed by atoms with E-state index in [9.17, 15) is 14.7 Å². The van der Waals surface area contributed by atoms with Gasteiger partial charge in [-0.3, -0.25) is 9.69 Å². The van der Waals surface area contributed by atoms with E-state index in [0.29, 0.717) is 17.3 Å². The van der Waals surface area contributed by atoms with Crippen molar-refractivity contribution in [2.45, 2.75) is 43.9 Å². The van der Waals surface area contributed by atoms with Gasteiger partial charge in [0.2, 0.25) is 0 Å². The Morgan fingerprint density at radius 2 is 1.66 bits per heavy atom. The highest BCUT2D eigenvalue weighted by Crippen LogP contribution is 2.43. The van der Waals surface area contributed by atoms with Crippen LogP contribution in [0.3, 0.4) is 0 Å². The zero-order valence-electron chi connectivity index (χ0n) is 17.8. The molecule has 1 aromatic carbocycles. The van der Waals surface area contributed by atoms with E-state index in [0.717, 1.165) is 45.4 Å². The third-order valence-electron chi connectivity index (χ3n) is 6.97. The highest BCUT2D eigenvalue weighted by atomic mass is 79.9. The van der Waals surface area contributed by atoms with Gasteiger partial charge in [-0.25, -0.2) is 4.79 Å². The highest BCUT2D eigenvalue weighted by molar-refractivity contribution is 9.12. The SMILES string of the molecule is O=C1OC2(CCCCC2)OC(O)=C1[C@@H]1C(=O)C(Br)=C[C@@H]1N1CCN(c2ccccc2)CC1. The lowest BCUT2D eigenvalue weighted by molar-refractivity contribution is -0.251. The number of hydrogen-bond donors (Lipinski definition) is 1. The van der Waals surface area contributed by atoms with Crippen LogP contribution in [0.2, 0.25) is 0 Å². The molecule has 5 rings (SSSR count). The quantitative estimate of drug-likeness (QED) is 0.631. The van der Waals surface area contributed by atoms with Gasteiger partial charge in [0.1, 0.15) is 5.57 Å². The van der Waals surface area contributed by atoms with Crippen LogP contribution >= 0.6 is 15.9 Å². The monoisotopic (exact) mass is 502 g/mol. The molecule has 32 heavy (non-hydrogen) atoms. The average molecular weight is 503 g/mol. The second kappa shape index (κ2) is 8.56. The van der Waals surface area contributed by atoms with Crippen LogP contribution in [0, 0.1) is 5.92 Å². The minimum absolute atomic E-state index is 0.0626. The van der Waals surface area contributed by atoms with Gasteiger partial charge in [-0.1, -0.05) is 24.6 Å². The molecule has 1 saturated carbocycles. The first-order chi connectivity index (χ1) is 15.5. The second-order valence-corrected chi connectivity index (χ2v) is 9.74. The Kier molecular flexibility index (Phi) is 5.75. The van der Waals surface area contributed by atoms with Crippen molar-refractivity contribution in [1.29, 1.82) is 0 Å². The van der Waals surface area contributed by atoms with Gasteiger partial charge in [0.15, 0.2) is 5.78 Å². The fourth-order valence-electron chi connectivity index (χ4n) is 5.28.